The molecule has 0 aliphatic heterocycles. The van der Waals surface area contributed by atoms with Gasteiger partial charge in [0.1, 0.15) is 11.2 Å². The van der Waals surface area contributed by atoms with Gasteiger partial charge in [-0.05, 0) is 12.1 Å². The zero-order valence-corrected chi connectivity index (χ0v) is 12.7. The molecule has 0 unspecified atom stereocenters. The van der Waals surface area contributed by atoms with Gasteiger partial charge in [0, 0.05) is 17.1 Å². The van der Waals surface area contributed by atoms with Crippen LogP contribution in [0.2, 0.25) is 5.02 Å². The molecule has 0 saturated carbocycles. The molecule has 0 radical (unpaired) electrons. The molecular weight excluding hydrogens is 310 g/mol. The Bertz CT molecular complexity index is 825. The van der Waals surface area contributed by atoms with Crippen LogP contribution in [0, 0.1) is 0 Å². The van der Waals surface area contributed by atoms with Crippen LogP contribution in [0.25, 0.3) is 10.1 Å². The molecular formula is C13H12ClN5OS. The molecule has 2 heterocycles. The first kappa shape index (κ1) is 13.8. The molecule has 3 aromatic rings. The summed E-state index contributed by atoms with van der Waals surface area (Å²) in [6.07, 6.45) is 1.58. The van der Waals surface area contributed by atoms with Crippen LogP contribution in [-0.4, -0.2) is 20.7 Å². The number of amides is 1. The summed E-state index contributed by atoms with van der Waals surface area (Å²) < 4.78 is 2.63. The normalized spacial score (nSPS) is 11.0. The van der Waals surface area contributed by atoms with Crippen molar-refractivity contribution >= 4 is 44.6 Å². The second kappa shape index (κ2) is 5.34. The summed E-state index contributed by atoms with van der Waals surface area (Å²) in [5.74, 6) is 0.425. The number of benzene rings is 1. The van der Waals surface area contributed by atoms with E-state index >= 15 is 0 Å². The number of halogens is 1. The smallest absolute Gasteiger partial charge is 0.263 e. The SMILES string of the molecule is Cn1cnnc1CNC(=O)c1sc2cccc(Cl)c2c1N. The van der Waals surface area contributed by atoms with E-state index in [0.717, 1.165) is 10.1 Å². The first-order valence-corrected chi connectivity index (χ1v) is 7.35. The van der Waals surface area contributed by atoms with E-state index in [1.54, 1.807) is 17.0 Å². The van der Waals surface area contributed by atoms with Gasteiger partial charge in [-0.3, -0.25) is 4.79 Å². The molecule has 1 amide bonds. The van der Waals surface area contributed by atoms with E-state index in [1.165, 1.54) is 11.3 Å². The number of aryl methyl sites for hydroxylation is 1. The number of hydrogen-bond donors (Lipinski definition) is 2. The number of thiophene rings is 1. The second-order valence-corrected chi connectivity index (χ2v) is 5.96. The Morgan fingerprint density at radius 2 is 2.33 bits per heavy atom. The van der Waals surface area contributed by atoms with E-state index in [9.17, 15) is 4.79 Å². The molecule has 8 heteroatoms. The van der Waals surface area contributed by atoms with Crippen molar-refractivity contribution in [3.8, 4) is 0 Å². The Morgan fingerprint density at radius 3 is 3.00 bits per heavy atom. The second-order valence-electron chi connectivity index (χ2n) is 4.50. The molecule has 0 atom stereocenters. The zero-order valence-electron chi connectivity index (χ0n) is 11.1. The summed E-state index contributed by atoms with van der Waals surface area (Å²) >= 11 is 7.46. The third-order valence-corrected chi connectivity index (χ3v) is 4.60. The van der Waals surface area contributed by atoms with Gasteiger partial charge in [-0.1, -0.05) is 17.7 Å². The quantitative estimate of drug-likeness (QED) is 0.774. The predicted molar refractivity (Wildman–Crippen MR) is 83.4 cm³/mol. The standard InChI is InChI=1S/C13H12ClN5OS/c1-19-6-17-18-9(19)5-16-13(20)12-11(15)10-7(14)3-2-4-8(10)21-12/h2-4,6H,5,15H2,1H3,(H,16,20). The van der Waals surface area contributed by atoms with E-state index in [-0.39, 0.29) is 12.5 Å². The van der Waals surface area contributed by atoms with Gasteiger partial charge in [0.2, 0.25) is 0 Å². The molecule has 0 fully saturated rings. The number of anilines is 1. The summed E-state index contributed by atoms with van der Waals surface area (Å²) in [4.78, 5) is 12.7. The lowest BCUT2D eigenvalue weighted by molar-refractivity contribution is 0.0954. The fraction of sp³-hybridized carbons (Fsp3) is 0.154. The van der Waals surface area contributed by atoms with Crippen LogP contribution in [0.4, 0.5) is 5.69 Å². The molecule has 0 saturated heterocycles. The highest BCUT2D eigenvalue weighted by Gasteiger charge is 2.18. The van der Waals surface area contributed by atoms with Crippen LogP contribution in [0.5, 0.6) is 0 Å². The van der Waals surface area contributed by atoms with Crippen molar-refractivity contribution in [2.24, 2.45) is 7.05 Å². The van der Waals surface area contributed by atoms with E-state index in [1.807, 2.05) is 19.2 Å². The Kier molecular flexibility index (Phi) is 3.52. The van der Waals surface area contributed by atoms with E-state index < -0.39 is 0 Å². The van der Waals surface area contributed by atoms with Crippen molar-refractivity contribution in [3.05, 3.63) is 40.3 Å². The van der Waals surface area contributed by atoms with Gasteiger partial charge in [-0.2, -0.15) is 0 Å². The molecule has 108 valence electrons. The summed E-state index contributed by atoms with van der Waals surface area (Å²) in [6.45, 7) is 0.288. The molecule has 0 aliphatic rings. The molecule has 0 spiro atoms. The number of carbonyl (C=O) groups is 1. The zero-order chi connectivity index (χ0) is 15.0. The van der Waals surface area contributed by atoms with E-state index in [2.05, 4.69) is 15.5 Å². The molecule has 2 aromatic heterocycles. The van der Waals surface area contributed by atoms with E-state index in [4.69, 9.17) is 17.3 Å². The molecule has 0 bridgehead atoms. The van der Waals surface area contributed by atoms with Crippen LogP contribution < -0.4 is 11.1 Å². The average Bonchev–Trinajstić information content (AvgIpc) is 3.01. The fourth-order valence-corrected chi connectivity index (χ4v) is 3.40. The summed E-state index contributed by atoms with van der Waals surface area (Å²) in [7, 11) is 1.81. The minimum atomic E-state index is -0.243. The number of nitrogens with zero attached hydrogens (tertiary/aromatic N) is 3. The molecule has 6 nitrogen and oxygen atoms in total. The highest BCUT2D eigenvalue weighted by molar-refractivity contribution is 7.21. The van der Waals surface area contributed by atoms with Gasteiger partial charge >= 0.3 is 0 Å². The number of nitrogen functional groups attached to an aromatic ring is 1. The van der Waals surface area contributed by atoms with Crippen molar-refractivity contribution < 1.29 is 4.79 Å². The third-order valence-electron chi connectivity index (χ3n) is 3.12. The Hall–Kier alpha value is -2.12. The number of rotatable bonds is 3. The van der Waals surface area contributed by atoms with Gasteiger partial charge in [-0.15, -0.1) is 21.5 Å². The van der Waals surface area contributed by atoms with Crippen molar-refractivity contribution in [2.75, 3.05) is 5.73 Å². The predicted octanol–water partition coefficient (Wildman–Crippen LogP) is 2.20. The highest BCUT2D eigenvalue weighted by atomic mass is 35.5. The number of fused-ring (bicyclic) bond motifs is 1. The first-order chi connectivity index (χ1) is 10.1. The molecule has 21 heavy (non-hydrogen) atoms. The van der Waals surface area contributed by atoms with Crippen LogP contribution >= 0.6 is 22.9 Å². The Balaban J connectivity index is 1.87. The summed E-state index contributed by atoms with van der Waals surface area (Å²) in [5.41, 5.74) is 6.46. The van der Waals surface area contributed by atoms with Crippen molar-refractivity contribution in [1.82, 2.24) is 20.1 Å². The summed E-state index contributed by atoms with van der Waals surface area (Å²) in [5, 5.41) is 11.7. The van der Waals surface area contributed by atoms with Crippen molar-refractivity contribution in [1.29, 1.82) is 0 Å². The van der Waals surface area contributed by atoms with Crippen LogP contribution in [-0.2, 0) is 13.6 Å². The number of nitrogens with one attached hydrogen (secondary N) is 1. The minimum Gasteiger partial charge on any atom is -0.397 e. The molecule has 3 rings (SSSR count). The largest absolute Gasteiger partial charge is 0.397 e. The molecule has 1 aromatic carbocycles. The van der Waals surface area contributed by atoms with Gasteiger partial charge in [-0.25, -0.2) is 0 Å². The van der Waals surface area contributed by atoms with Crippen LogP contribution in [0.3, 0.4) is 0 Å². The third kappa shape index (κ3) is 2.45. The molecule has 0 aliphatic carbocycles. The number of nitrogens with two attached hydrogens (primary N) is 1. The van der Waals surface area contributed by atoms with Crippen molar-refractivity contribution in [2.45, 2.75) is 6.54 Å². The fourth-order valence-electron chi connectivity index (χ4n) is 2.00. The first-order valence-electron chi connectivity index (χ1n) is 6.15. The molecule has 3 N–H and O–H groups in total. The van der Waals surface area contributed by atoms with Crippen LogP contribution in [0.1, 0.15) is 15.5 Å². The Morgan fingerprint density at radius 1 is 1.52 bits per heavy atom. The number of carbonyl (C=O) groups excluding carboxylic acids is 1. The van der Waals surface area contributed by atoms with Crippen LogP contribution in [0.15, 0.2) is 24.5 Å². The van der Waals surface area contributed by atoms with Gasteiger partial charge in [0.15, 0.2) is 5.82 Å². The Labute approximate surface area is 129 Å². The lowest BCUT2D eigenvalue weighted by atomic mass is 10.2. The van der Waals surface area contributed by atoms with Gasteiger partial charge in [0.25, 0.3) is 5.91 Å². The summed E-state index contributed by atoms with van der Waals surface area (Å²) in [6, 6.07) is 5.48. The lowest BCUT2D eigenvalue weighted by Crippen LogP contribution is -2.24. The topological polar surface area (TPSA) is 85.8 Å². The number of hydrogen-bond acceptors (Lipinski definition) is 5. The van der Waals surface area contributed by atoms with E-state index in [0.29, 0.717) is 21.4 Å². The number of aromatic nitrogens is 3. The average molecular weight is 322 g/mol. The maximum atomic E-state index is 12.3. The van der Waals surface area contributed by atoms with Gasteiger partial charge in [0.05, 0.1) is 17.3 Å². The van der Waals surface area contributed by atoms with Crippen molar-refractivity contribution in [3.63, 3.8) is 0 Å². The maximum absolute atomic E-state index is 12.3. The maximum Gasteiger partial charge on any atom is 0.263 e. The minimum absolute atomic E-state index is 0.243. The lowest BCUT2D eigenvalue weighted by Gasteiger charge is -2.03. The highest BCUT2D eigenvalue weighted by Crippen LogP contribution is 2.37. The monoisotopic (exact) mass is 321 g/mol. The van der Waals surface area contributed by atoms with Gasteiger partial charge < -0.3 is 15.6 Å².